The molecule has 0 radical (unpaired) electrons. The number of fused-ring (bicyclic) bond motifs is 6. The van der Waals surface area contributed by atoms with E-state index in [9.17, 15) is 9.59 Å². The fourth-order valence-electron chi connectivity index (χ4n) is 2.87. The van der Waals surface area contributed by atoms with Crippen molar-refractivity contribution >= 4 is 44.8 Å². The van der Waals surface area contributed by atoms with E-state index in [1.165, 1.54) is 14.2 Å². The molecule has 0 aliphatic rings. The summed E-state index contributed by atoms with van der Waals surface area (Å²) in [6.45, 7) is 0. The van der Waals surface area contributed by atoms with Crippen LogP contribution in [0.3, 0.4) is 0 Å². The lowest BCUT2D eigenvalue weighted by molar-refractivity contribution is 0.0545. The molecule has 0 atom stereocenters. The predicted molar refractivity (Wildman–Crippen MR) is 92.8 cm³/mol. The SMILES string of the molecule is COC(=O)c1nc2c3ncccc3c3cccnc3c2nc1C(=O)OC. The Labute approximate surface area is 146 Å². The molecule has 26 heavy (non-hydrogen) atoms. The van der Waals surface area contributed by atoms with Crippen molar-refractivity contribution in [2.45, 2.75) is 0 Å². The lowest BCUT2D eigenvalue weighted by Crippen LogP contribution is -2.16. The number of esters is 2. The third-order valence-corrected chi connectivity index (χ3v) is 4.01. The smallest absolute Gasteiger partial charge is 0.359 e. The molecule has 8 heteroatoms. The number of nitrogens with zero attached hydrogens (tertiary/aromatic N) is 4. The van der Waals surface area contributed by atoms with Gasteiger partial charge in [-0.25, -0.2) is 19.6 Å². The molecule has 0 aliphatic heterocycles. The van der Waals surface area contributed by atoms with E-state index < -0.39 is 11.9 Å². The zero-order valence-corrected chi connectivity index (χ0v) is 13.9. The minimum Gasteiger partial charge on any atom is -0.464 e. The normalized spacial score (nSPS) is 11.0. The number of ether oxygens (including phenoxy) is 2. The van der Waals surface area contributed by atoms with Crippen molar-refractivity contribution in [3.8, 4) is 0 Å². The Morgan fingerprint density at radius 3 is 1.54 bits per heavy atom. The van der Waals surface area contributed by atoms with Crippen molar-refractivity contribution in [3.05, 3.63) is 48.0 Å². The van der Waals surface area contributed by atoms with E-state index in [0.717, 1.165) is 10.8 Å². The van der Waals surface area contributed by atoms with Gasteiger partial charge in [0.2, 0.25) is 0 Å². The highest BCUT2D eigenvalue weighted by molar-refractivity contribution is 6.21. The average Bonchev–Trinajstić information content (AvgIpc) is 2.71. The number of hydrogen-bond acceptors (Lipinski definition) is 8. The van der Waals surface area contributed by atoms with E-state index >= 15 is 0 Å². The number of pyridine rings is 2. The van der Waals surface area contributed by atoms with Crippen LogP contribution in [-0.2, 0) is 9.47 Å². The Morgan fingerprint density at radius 1 is 0.731 bits per heavy atom. The summed E-state index contributed by atoms with van der Waals surface area (Å²) >= 11 is 0. The van der Waals surface area contributed by atoms with Crippen LogP contribution in [0.2, 0.25) is 0 Å². The number of benzene rings is 1. The summed E-state index contributed by atoms with van der Waals surface area (Å²) in [4.78, 5) is 41.7. The van der Waals surface area contributed by atoms with E-state index in [1.807, 2.05) is 12.1 Å². The van der Waals surface area contributed by atoms with Crippen LogP contribution >= 0.6 is 0 Å². The lowest BCUT2D eigenvalue weighted by Gasteiger charge is -2.10. The van der Waals surface area contributed by atoms with Crippen LogP contribution in [-0.4, -0.2) is 46.1 Å². The van der Waals surface area contributed by atoms with Gasteiger partial charge in [-0.15, -0.1) is 0 Å². The molecule has 4 aromatic rings. The van der Waals surface area contributed by atoms with E-state index in [4.69, 9.17) is 9.47 Å². The Hall–Kier alpha value is -3.68. The van der Waals surface area contributed by atoms with Crippen molar-refractivity contribution in [2.75, 3.05) is 14.2 Å². The fourth-order valence-corrected chi connectivity index (χ4v) is 2.87. The summed E-state index contributed by atoms with van der Waals surface area (Å²) in [6, 6.07) is 7.38. The monoisotopic (exact) mass is 348 g/mol. The van der Waals surface area contributed by atoms with E-state index in [1.54, 1.807) is 24.5 Å². The first kappa shape index (κ1) is 15.8. The zero-order valence-electron chi connectivity index (χ0n) is 13.9. The van der Waals surface area contributed by atoms with Crippen LogP contribution < -0.4 is 0 Å². The Bertz CT molecular complexity index is 1110. The number of rotatable bonds is 2. The maximum atomic E-state index is 12.1. The molecular weight excluding hydrogens is 336 g/mol. The minimum absolute atomic E-state index is 0.228. The number of hydrogen-bond donors (Lipinski definition) is 0. The van der Waals surface area contributed by atoms with Crippen molar-refractivity contribution < 1.29 is 19.1 Å². The van der Waals surface area contributed by atoms with Gasteiger partial charge < -0.3 is 9.47 Å². The average molecular weight is 348 g/mol. The molecule has 0 N–H and O–H groups in total. The fraction of sp³-hybridized carbons (Fsp3) is 0.111. The minimum atomic E-state index is -0.787. The van der Waals surface area contributed by atoms with E-state index in [2.05, 4.69) is 19.9 Å². The highest BCUT2D eigenvalue weighted by atomic mass is 16.5. The van der Waals surface area contributed by atoms with Gasteiger partial charge in [-0.1, -0.05) is 12.1 Å². The summed E-state index contributed by atoms with van der Waals surface area (Å²) in [5.74, 6) is -1.57. The van der Waals surface area contributed by atoms with Gasteiger partial charge in [-0.05, 0) is 12.1 Å². The lowest BCUT2D eigenvalue weighted by atomic mass is 10.1. The quantitative estimate of drug-likeness (QED) is 0.401. The summed E-state index contributed by atoms with van der Waals surface area (Å²) in [6.07, 6.45) is 3.25. The van der Waals surface area contributed by atoms with E-state index in [0.29, 0.717) is 22.1 Å². The number of methoxy groups -OCH3 is 2. The topological polar surface area (TPSA) is 104 Å². The van der Waals surface area contributed by atoms with Crippen LogP contribution in [0, 0.1) is 0 Å². The first-order valence-corrected chi connectivity index (χ1v) is 7.65. The molecule has 0 spiro atoms. The molecule has 8 nitrogen and oxygen atoms in total. The largest absolute Gasteiger partial charge is 0.464 e. The molecule has 4 rings (SSSR count). The summed E-state index contributed by atoms with van der Waals surface area (Å²) in [7, 11) is 2.40. The molecule has 0 saturated carbocycles. The molecule has 0 fully saturated rings. The standard InChI is InChI=1S/C18H12N4O4/c1-25-17(23)15-16(18(24)26-2)22-14-12-10(6-4-8-20-12)9-5-3-7-19-11(9)13(14)21-15/h3-8H,1-2H3. The molecule has 0 amide bonds. The second-order valence-corrected chi connectivity index (χ2v) is 5.40. The Kier molecular flexibility index (Phi) is 3.65. The van der Waals surface area contributed by atoms with Gasteiger partial charge in [-0.3, -0.25) is 9.97 Å². The zero-order chi connectivity index (χ0) is 18.3. The molecule has 3 aromatic heterocycles. The first-order chi connectivity index (χ1) is 12.7. The van der Waals surface area contributed by atoms with E-state index in [-0.39, 0.29) is 11.4 Å². The van der Waals surface area contributed by atoms with Crippen LogP contribution in [0.1, 0.15) is 21.0 Å². The van der Waals surface area contributed by atoms with Crippen molar-refractivity contribution in [2.24, 2.45) is 0 Å². The summed E-state index contributed by atoms with van der Waals surface area (Å²) in [5.41, 5.74) is 1.37. The summed E-state index contributed by atoms with van der Waals surface area (Å²) < 4.78 is 9.47. The number of carbonyl (C=O) groups is 2. The van der Waals surface area contributed by atoms with Gasteiger partial charge in [0.15, 0.2) is 11.4 Å². The van der Waals surface area contributed by atoms with Gasteiger partial charge >= 0.3 is 11.9 Å². The predicted octanol–water partition coefficient (Wildman–Crippen LogP) is 2.30. The van der Waals surface area contributed by atoms with Crippen LogP contribution in [0.15, 0.2) is 36.7 Å². The third kappa shape index (κ3) is 2.23. The van der Waals surface area contributed by atoms with Crippen LogP contribution in [0.4, 0.5) is 0 Å². The van der Waals surface area contributed by atoms with Gasteiger partial charge in [0.05, 0.1) is 25.3 Å². The molecule has 3 heterocycles. The van der Waals surface area contributed by atoms with Crippen LogP contribution in [0.25, 0.3) is 32.8 Å². The molecule has 128 valence electrons. The van der Waals surface area contributed by atoms with Gasteiger partial charge in [0, 0.05) is 23.2 Å². The Morgan fingerprint density at radius 2 is 1.15 bits per heavy atom. The van der Waals surface area contributed by atoms with Gasteiger partial charge in [-0.2, -0.15) is 0 Å². The second kappa shape index (κ2) is 5.99. The van der Waals surface area contributed by atoms with Crippen molar-refractivity contribution in [3.63, 3.8) is 0 Å². The summed E-state index contributed by atoms with van der Waals surface area (Å²) in [5, 5.41) is 1.64. The maximum Gasteiger partial charge on any atom is 0.359 e. The maximum absolute atomic E-state index is 12.1. The Balaban J connectivity index is 2.26. The molecule has 0 saturated heterocycles. The number of aromatic nitrogens is 4. The second-order valence-electron chi connectivity index (χ2n) is 5.40. The van der Waals surface area contributed by atoms with Gasteiger partial charge in [0.25, 0.3) is 0 Å². The highest BCUT2D eigenvalue weighted by Crippen LogP contribution is 2.31. The molecule has 1 aromatic carbocycles. The van der Waals surface area contributed by atoms with Gasteiger partial charge in [0.1, 0.15) is 11.0 Å². The third-order valence-electron chi connectivity index (χ3n) is 4.01. The molecule has 0 unspecified atom stereocenters. The highest BCUT2D eigenvalue weighted by Gasteiger charge is 2.25. The van der Waals surface area contributed by atoms with Crippen molar-refractivity contribution in [1.29, 1.82) is 0 Å². The number of carbonyl (C=O) groups excluding carboxylic acids is 2. The van der Waals surface area contributed by atoms with Crippen molar-refractivity contribution in [1.82, 2.24) is 19.9 Å². The molecular formula is C18H12N4O4. The molecule has 0 bridgehead atoms. The molecule has 0 aliphatic carbocycles. The first-order valence-electron chi connectivity index (χ1n) is 7.65. The van der Waals surface area contributed by atoms with Crippen LogP contribution in [0.5, 0.6) is 0 Å².